The first-order chi connectivity index (χ1) is 9.69. The summed E-state index contributed by atoms with van der Waals surface area (Å²) in [6, 6.07) is 6.14. The van der Waals surface area contributed by atoms with Crippen molar-refractivity contribution in [1.29, 1.82) is 0 Å². The first-order valence-electron chi connectivity index (χ1n) is 7.51. The molecule has 1 aromatic rings. The maximum Gasteiger partial charge on any atom is 0.161 e. The zero-order chi connectivity index (χ0) is 14.4. The predicted molar refractivity (Wildman–Crippen MR) is 81.0 cm³/mol. The molecule has 0 aromatic heterocycles. The van der Waals surface area contributed by atoms with E-state index < -0.39 is 0 Å². The molecule has 1 aliphatic rings. The summed E-state index contributed by atoms with van der Waals surface area (Å²) in [5.41, 5.74) is 4.70. The molecule has 0 atom stereocenters. The second-order valence-corrected chi connectivity index (χ2v) is 5.53. The highest BCUT2D eigenvalue weighted by atomic mass is 16.5. The van der Waals surface area contributed by atoms with Gasteiger partial charge < -0.3 is 9.47 Å². The summed E-state index contributed by atoms with van der Waals surface area (Å²) >= 11 is 0. The van der Waals surface area contributed by atoms with Crippen LogP contribution in [0.5, 0.6) is 11.5 Å². The van der Waals surface area contributed by atoms with E-state index in [4.69, 9.17) is 9.47 Å². The molecule has 0 saturated carbocycles. The van der Waals surface area contributed by atoms with Gasteiger partial charge in [0.1, 0.15) is 0 Å². The van der Waals surface area contributed by atoms with Crippen LogP contribution in [0, 0.1) is 0 Å². The highest BCUT2D eigenvalue weighted by molar-refractivity contribution is 5.43. The van der Waals surface area contributed by atoms with Crippen molar-refractivity contribution in [2.24, 2.45) is 0 Å². The lowest BCUT2D eigenvalue weighted by atomic mass is 10.1. The molecule has 1 aromatic carbocycles. The predicted octanol–water partition coefficient (Wildman–Crippen LogP) is 2.97. The van der Waals surface area contributed by atoms with E-state index in [0.717, 1.165) is 31.1 Å². The van der Waals surface area contributed by atoms with E-state index >= 15 is 0 Å². The van der Waals surface area contributed by atoms with Crippen LogP contribution in [0.25, 0.3) is 0 Å². The Bertz CT molecular complexity index is 415. The number of hydrogen-bond acceptors (Lipinski definition) is 4. The maximum atomic E-state index is 5.73. The highest BCUT2D eigenvalue weighted by Gasteiger charge is 2.11. The number of hydrazine groups is 1. The van der Waals surface area contributed by atoms with Gasteiger partial charge in [-0.3, -0.25) is 5.43 Å². The number of benzene rings is 1. The standard InChI is InChI=1S/C16H26N2O2/c1-13(2)20-15-8-7-14(11-16(15)19-3)12-17-18-9-5-4-6-10-18/h7-8,11,13,17H,4-6,9-10,12H2,1-3H3. The Labute approximate surface area is 122 Å². The van der Waals surface area contributed by atoms with E-state index in [1.165, 1.54) is 24.8 Å². The minimum atomic E-state index is 0.154. The molecule has 112 valence electrons. The first-order valence-corrected chi connectivity index (χ1v) is 7.51. The topological polar surface area (TPSA) is 33.7 Å². The lowest BCUT2D eigenvalue weighted by molar-refractivity contribution is 0.151. The van der Waals surface area contributed by atoms with Gasteiger partial charge in [0.15, 0.2) is 11.5 Å². The summed E-state index contributed by atoms with van der Waals surface area (Å²) in [5.74, 6) is 1.61. The molecule has 1 N–H and O–H groups in total. The Kier molecular flexibility index (Phi) is 5.68. The van der Waals surface area contributed by atoms with Crippen molar-refractivity contribution >= 4 is 0 Å². The molecule has 2 rings (SSSR count). The summed E-state index contributed by atoms with van der Waals surface area (Å²) in [6.45, 7) is 7.16. The van der Waals surface area contributed by atoms with Crippen molar-refractivity contribution in [3.05, 3.63) is 23.8 Å². The molecule has 1 fully saturated rings. The van der Waals surface area contributed by atoms with Crippen LogP contribution in [0.15, 0.2) is 18.2 Å². The number of piperidine rings is 1. The largest absolute Gasteiger partial charge is 0.493 e. The number of ether oxygens (including phenoxy) is 2. The van der Waals surface area contributed by atoms with Gasteiger partial charge in [-0.1, -0.05) is 12.5 Å². The van der Waals surface area contributed by atoms with E-state index in [9.17, 15) is 0 Å². The summed E-state index contributed by atoms with van der Waals surface area (Å²) < 4.78 is 11.1. The van der Waals surface area contributed by atoms with Crippen LogP contribution in [-0.4, -0.2) is 31.3 Å². The molecule has 0 radical (unpaired) electrons. The van der Waals surface area contributed by atoms with E-state index in [2.05, 4.69) is 22.6 Å². The molecular formula is C16H26N2O2. The Morgan fingerprint density at radius 1 is 1.15 bits per heavy atom. The van der Waals surface area contributed by atoms with Gasteiger partial charge in [-0.05, 0) is 44.4 Å². The Morgan fingerprint density at radius 2 is 1.90 bits per heavy atom. The van der Waals surface area contributed by atoms with Gasteiger partial charge >= 0.3 is 0 Å². The smallest absolute Gasteiger partial charge is 0.161 e. The third kappa shape index (κ3) is 4.39. The van der Waals surface area contributed by atoms with E-state index in [-0.39, 0.29) is 6.10 Å². The fourth-order valence-electron chi connectivity index (χ4n) is 2.43. The lowest BCUT2D eigenvalue weighted by Crippen LogP contribution is -2.41. The second-order valence-electron chi connectivity index (χ2n) is 5.53. The number of rotatable bonds is 6. The molecule has 0 unspecified atom stereocenters. The van der Waals surface area contributed by atoms with Crippen molar-refractivity contribution in [3.8, 4) is 11.5 Å². The second kappa shape index (κ2) is 7.50. The Balaban J connectivity index is 1.94. The van der Waals surface area contributed by atoms with Gasteiger partial charge in [-0.25, -0.2) is 5.01 Å². The molecule has 0 bridgehead atoms. The average Bonchev–Trinajstić information content (AvgIpc) is 2.46. The van der Waals surface area contributed by atoms with Crippen LogP contribution in [0.3, 0.4) is 0 Å². The SMILES string of the molecule is COc1cc(CNN2CCCCC2)ccc1OC(C)C. The van der Waals surface area contributed by atoms with Gasteiger partial charge in [0.2, 0.25) is 0 Å². The molecule has 20 heavy (non-hydrogen) atoms. The summed E-state index contributed by atoms with van der Waals surface area (Å²) in [7, 11) is 1.68. The van der Waals surface area contributed by atoms with Gasteiger partial charge in [-0.15, -0.1) is 0 Å². The van der Waals surface area contributed by atoms with Crippen molar-refractivity contribution in [3.63, 3.8) is 0 Å². The minimum absolute atomic E-state index is 0.154. The zero-order valence-electron chi connectivity index (χ0n) is 12.8. The quantitative estimate of drug-likeness (QED) is 0.867. The van der Waals surface area contributed by atoms with Crippen LogP contribution in [0.1, 0.15) is 38.7 Å². The number of hydrogen-bond donors (Lipinski definition) is 1. The molecule has 0 aliphatic carbocycles. The Morgan fingerprint density at radius 3 is 2.55 bits per heavy atom. The normalized spacial score (nSPS) is 16.4. The lowest BCUT2D eigenvalue weighted by Gasteiger charge is -2.27. The molecule has 0 amide bonds. The molecular weight excluding hydrogens is 252 g/mol. The van der Waals surface area contributed by atoms with Gasteiger partial charge in [0.05, 0.1) is 13.2 Å². The van der Waals surface area contributed by atoms with Crippen molar-refractivity contribution in [1.82, 2.24) is 10.4 Å². The van der Waals surface area contributed by atoms with Crippen molar-refractivity contribution in [2.45, 2.75) is 45.8 Å². The van der Waals surface area contributed by atoms with Gasteiger partial charge in [-0.2, -0.15) is 0 Å². The van der Waals surface area contributed by atoms with E-state index in [1.807, 2.05) is 19.9 Å². The Hall–Kier alpha value is -1.26. The maximum absolute atomic E-state index is 5.73. The molecule has 1 heterocycles. The average molecular weight is 278 g/mol. The number of nitrogens with zero attached hydrogens (tertiary/aromatic N) is 1. The zero-order valence-corrected chi connectivity index (χ0v) is 12.8. The van der Waals surface area contributed by atoms with Gasteiger partial charge in [0.25, 0.3) is 0 Å². The van der Waals surface area contributed by atoms with Crippen LogP contribution in [0.4, 0.5) is 0 Å². The molecule has 1 aliphatic heterocycles. The highest BCUT2D eigenvalue weighted by Crippen LogP contribution is 2.29. The van der Waals surface area contributed by atoms with Crippen LogP contribution in [-0.2, 0) is 6.54 Å². The fraction of sp³-hybridized carbons (Fsp3) is 0.625. The number of methoxy groups -OCH3 is 1. The minimum Gasteiger partial charge on any atom is -0.493 e. The molecule has 4 heteroatoms. The fourth-order valence-corrected chi connectivity index (χ4v) is 2.43. The van der Waals surface area contributed by atoms with Crippen LogP contribution >= 0.6 is 0 Å². The van der Waals surface area contributed by atoms with Crippen LogP contribution < -0.4 is 14.9 Å². The van der Waals surface area contributed by atoms with Gasteiger partial charge in [0, 0.05) is 19.6 Å². The van der Waals surface area contributed by atoms with E-state index in [0.29, 0.717) is 0 Å². The summed E-state index contributed by atoms with van der Waals surface area (Å²) in [5, 5.41) is 2.31. The third-order valence-electron chi connectivity index (χ3n) is 3.45. The first kappa shape index (κ1) is 15.1. The third-order valence-corrected chi connectivity index (χ3v) is 3.45. The summed E-state index contributed by atoms with van der Waals surface area (Å²) in [6.07, 6.45) is 4.09. The van der Waals surface area contributed by atoms with Crippen LogP contribution in [0.2, 0.25) is 0 Å². The van der Waals surface area contributed by atoms with E-state index in [1.54, 1.807) is 7.11 Å². The van der Waals surface area contributed by atoms with Crippen molar-refractivity contribution < 1.29 is 9.47 Å². The number of nitrogens with one attached hydrogen (secondary N) is 1. The monoisotopic (exact) mass is 278 g/mol. The van der Waals surface area contributed by atoms with Crippen molar-refractivity contribution in [2.75, 3.05) is 20.2 Å². The molecule has 1 saturated heterocycles. The molecule has 0 spiro atoms. The summed E-state index contributed by atoms with van der Waals surface area (Å²) in [4.78, 5) is 0. The molecule has 4 nitrogen and oxygen atoms in total.